The quantitative estimate of drug-likeness (QED) is 0.634. The lowest BCUT2D eigenvalue weighted by molar-refractivity contribution is 0.267. The number of ether oxygens (including phenoxy) is 1. The number of hydrogen-bond acceptors (Lipinski definition) is 1. The Labute approximate surface area is 65.8 Å². The Hall–Kier alpha value is -1.05. The summed E-state index contributed by atoms with van der Waals surface area (Å²) in [5.74, 6) is 0.392. The zero-order chi connectivity index (χ0) is 8.27. The predicted octanol–water partition coefficient (Wildman–Crippen LogP) is 2.43. The third-order valence-corrected chi connectivity index (χ3v) is 1.15. The van der Waals surface area contributed by atoms with Crippen molar-refractivity contribution in [3.05, 3.63) is 37.0 Å². The standard InChI is InChI=1S/C9H10FO/c1-7(2)11-9-5-3-8(10)4-6-9/h3-7H,1H2,2H3. The van der Waals surface area contributed by atoms with Crippen molar-refractivity contribution in [3.8, 4) is 5.75 Å². The van der Waals surface area contributed by atoms with Crippen molar-refractivity contribution in [2.75, 3.05) is 0 Å². The van der Waals surface area contributed by atoms with Crippen molar-refractivity contribution < 1.29 is 9.13 Å². The van der Waals surface area contributed by atoms with Gasteiger partial charge in [0.05, 0.1) is 6.10 Å². The van der Waals surface area contributed by atoms with E-state index >= 15 is 0 Å². The van der Waals surface area contributed by atoms with E-state index in [1.165, 1.54) is 12.1 Å². The van der Waals surface area contributed by atoms with Gasteiger partial charge in [-0.25, -0.2) is 4.39 Å². The third kappa shape index (κ3) is 2.58. The van der Waals surface area contributed by atoms with E-state index in [4.69, 9.17) is 4.74 Å². The summed E-state index contributed by atoms with van der Waals surface area (Å²) >= 11 is 0. The molecule has 0 saturated carbocycles. The molecule has 0 aliphatic heterocycles. The van der Waals surface area contributed by atoms with E-state index in [-0.39, 0.29) is 11.9 Å². The van der Waals surface area contributed by atoms with Crippen LogP contribution in [0.15, 0.2) is 24.3 Å². The van der Waals surface area contributed by atoms with E-state index in [0.717, 1.165) is 0 Å². The van der Waals surface area contributed by atoms with Gasteiger partial charge in [-0.05, 0) is 38.1 Å². The van der Waals surface area contributed by atoms with Crippen molar-refractivity contribution in [3.63, 3.8) is 0 Å². The molecular formula is C9H10FO. The van der Waals surface area contributed by atoms with E-state index in [9.17, 15) is 4.39 Å². The zero-order valence-electron chi connectivity index (χ0n) is 6.38. The van der Waals surface area contributed by atoms with Crippen LogP contribution in [0, 0.1) is 12.7 Å². The SMILES string of the molecule is [CH2]C(C)Oc1ccc(F)cc1. The van der Waals surface area contributed by atoms with Gasteiger partial charge in [-0.1, -0.05) is 0 Å². The molecule has 0 amide bonds. The van der Waals surface area contributed by atoms with Crippen LogP contribution in [0.1, 0.15) is 6.92 Å². The van der Waals surface area contributed by atoms with Gasteiger partial charge in [-0.15, -0.1) is 0 Å². The first kappa shape index (κ1) is 8.05. The maximum absolute atomic E-state index is 12.4. The van der Waals surface area contributed by atoms with Crippen molar-refractivity contribution in [2.24, 2.45) is 0 Å². The van der Waals surface area contributed by atoms with E-state index in [2.05, 4.69) is 6.92 Å². The predicted molar refractivity (Wildman–Crippen MR) is 41.8 cm³/mol. The number of rotatable bonds is 2. The fourth-order valence-corrected chi connectivity index (χ4v) is 0.745. The van der Waals surface area contributed by atoms with Gasteiger partial charge in [0.2, 0.25) is 0 Å². The Morgan fingerprint density at radius 2 is 1.91 bits per heavy atom. The normalized spacial score (nSPS) is 10.2. The molecule has 1 aromatic rings. The second-order valence-electron chi connectivity index (χ2n) is 2.38. The van der Waals surface area contributed by atoms with Gasteiger partial charge in [-0.3, -0.25) is 0 Å². The average Bonchev–Trinajstić information content (AvgIpc) is 1.93. The van der Waals surface area contributed by atoms with Gasteiger partial charge < -0.3 is 4.74 Å². The van der Waals surface area contributed by atoms with Gasteiger partial charge in [0.1, 0.15) is 11.6 Å². The molecule has 0 spiro atoms. The molecule has 0 aliphatic rings. The Morgan fingerprint density at radius 3 is 2.36 bits per heavy atom. The smallest absolute Gasteiger partial charge is 0.123 e. The van der Waals surface area contributed by atoms with Crippen molar-refractivity contribution in [1.29, 1.82) is 0 Å². The molecule has 0 bridgehead atoms. The maximum Gasteiger partial charge on any atom is 0.123 e. The van der Waals surface area contributed by atoms with Gasteiger partial charge in [-0.2, -0.15) is 0 Å². The van der Waals surface area contributed by atoms with Crippen LogP contribution in [0.25, 0.3) is 0 Å². The molecule has 1 unspecified atom stereocenters. The van der Waals surface area contributed by atoms with Crippen LogP contribution in [0.3, 0.4) is 0 Å². The van der Waals surface area contributed by atoms with Crippen molar-refractivity contribution in [1.82, 2.24) is 0 Å². The fourth-order valence-electron chi connectivity index (χ4n) is 0.745. The summed E-state index contributed by atoms with van der Waals surface area (Å²) in [5.41, 5.74) is 0. The molecule has 1 atom stereocenters. The molecule has 0 heterocycles. The Kier molecular flexibility index (Phi) is 2.47. The number of benzene rings is 1. The highest BCUT2D eigenvalue weighted by atomic mass is 19.1. The Balaban J connectivity index is 2.66. The average molecular weight is 153 g/mol. The summed E-state index contributed by atoms with van der Waals surface area (Å²) in [5, 5.41) is 0. The Bertz CT molecular complexity index is 216. The third-order valence-electron chi connectivity index (χ3n) is 1.15. The molecule has 2 heteroatoms. The summed E-state index contributed by atoms with van der Waals surface area (Å²) < 4.78 is 17.5. The van der Waals surface area contributed by atoms with Crippen LogP contribution in [-0.4, -0.2) is 6.10 Å². The summed E-state index contributed by atoms with van der Waals surface area (Å²) in [4.78, 5) is 0. The summed E-state index contributed by atoms with van der Waals surface area (Å²) in [7, 11) is 0. The molecule has 0 saturated heterocycles. The van der Waals surface area contributed by atoms with Crippen LogP contribution < -0.4 is 4.74 Å². The lowest BCUT2D eigenvalue weighted by atomic mass is 10.3. The maximum atomic E-state index is 12.4. The topological polar surface area (TPSA) is 9.23 Å². The molecule has 1 aromatic carbocycles. The van der Waals surface area contributed by atoms with E-state index in [1.54, 1.807) is 12.1 Å². The van der Waals surface area contributed by atoms with Crippen LogP contribution in [0.4, 0.5) is 4.39 Å². The van der Waals surface area contributed by atoms with Crippen LogP contribution >= 0.6 is 0 Å². The van der Waals surface area contributed by atoms with E-state index in [1.807, 2.05) is 6.92 Å². The molecule has 0 fully saturated rings. The minimum Gasteiger partial charge on any atom is -0.491 e. The monoisotopic (exact) mass is 153 g/mol. The molecular weight excluding hydrogens is 143 g/mol. The fraction of sp³-hybridized carbons (Fsp3) is 0.222. The zero-order valence-corrected chi connectivity index (χ0v) is 6.38. The molecule has 1 radical (unpaired) electrons. The second-order valence-corrected chi connectivity index (χ2v) is 2.38. The van der Waals surface area contributed by atoms with Crippen molar-refractivity contribution >= 4 is 0 Å². The lowest BCUT2D eigenvalue weighted by Gasteiger charge is -2.08. The molecule has 0 N–H and O–H groups in total. The second kappa shape index (κ2) is 3.37. The van der Waals surface area contributed by atoms with E-state index in [0.29, 0.717) is 5.75 Å². The summed E-state index contributed by atoms with van der Waals surface area (Å²) in [6.07, 6.45) is -0.111. The minimum absolute atomic E-state index is 0.111. The van der Waals surface area contributed by atoms with Gasteiger partial charge in [0, 0.05) is 0 Å². The molecule has 11 heavy (non-hydrogen) atoms. The number of hydrogen-bond donors (Lipinski definition) is 0. The first-order valence-corrected chi connectivity index (χ1v) is 3.44. The summed E-state index contributed by atoms with van der Waals surface area (Å²) in [6.45, 7) is 5.46. The van der Waals surface area contributed by atoms with Crippen LogP contribution in [0.5, 0.6) is 5.75 Å². The highest BCUT2D eigenvalue weighted by Gasteiger charge is 1.96. The highest BCUT2D eigenvalue weighted by Crippen LogP contribution is 2.12. The first-order chi connectivity index (χ1) is 5.18. The van der Waals surface area contributed by atoms with Gasteiger partial charge in [0.25, 0.3) is 0 Å². The minimum atomic E-state index is -0.255. The summed E-state index contributed by atoms with van der Waals surface area (Å²) in [6, 6.07) is 5.88. The lowest BCUT2D eigenvalue weighted by Crippen LogP contribution is -2.05. The van der Waals surface area contributed by atoms with E-state index < -0.39 is 0 Å². The molecule has 0 aromatic heterocycles. The number of halogens is 1. The van der Waals surface area contributed by atoms with Crippen molar-refractivity contribution in [2.45, 2.75) is 13.0 Å². The Morgan fingerprint density at radius 1 is 1.36 bits per heavy atom. The highest BCUT2D eigenvalue weighted by molar-refractivity contribution is 5.22. The molecule has 1 rings (SSSR count). The van der Waals surface area contributed by atoms with Gasteiger partial charge >= 0.3 is 0 Å². The van der Waals surface area contributed by atoms with Crippen LogP contribution in [-0.2, 0) is 0 Å². The molecule has 59 valence electrons. The largest absolute Gasteiger partial charge is 0.491 e. The molecule has 0 aliphatic carbocycles. The van der Waals surface area contributed by atoms with Gasteiger partial charge in [0.15, 0.2) is 0 Å². The molecule has 1 nitrogen and oxygen atoms in total. The first-order valence-electron chi connectivity index (χ1n) is 3.44. The van der Waals surface area contributed by atoms with Crippen LogP contribution in [0.2, 0.25) is 0 Å².